The Hall–Kier alpha value is -2.60. The summed E-state index contributed by atoms with van der Waals surface area (Å²) in [5.41, 5.74) is 7.59. The van der Waals surface area contributed by atoms with Gasteiger partial charge in [-0.1, -0.05) is 24.3 Å². The van der Waals surface area contributed by atoms with Gasteiger partial charge in [-0.3, -0.25) is 9.79 Å². The number of hydrogen-bond acceptors (Lipinski definition) is 6. The Labute approximate surface area is 134 Å². The summed E-state index contributed by atoms with van der Waals surface area (Å²) in [4.78, 5) is 24.6. The van der Waals surface area contributed by atoms with E-state index in [1.54, 1.807) is 12.3 Å². The molecule has 0 saturated carbocycles. The van der Waals surface area contributed by atoms with Crippen LogP contribution in [-0.2, 0) is 16.7 Å². The summed E-state index contributed by atoms with van der Waals surface area (Å²) in [5.74, 6) is 0.443. The molecule has 23 heavy (non-hydrogen) atoms. The Morgan fingerprint density at radius 3 is 3.00 bits per heavy atom. The molecule has 1 aromatic heterocycles. The largest absolute Gasteiger partial charge is 0.386 e. The average Bonchev–Trinajstić information content (AvgIpc) is 2.56. The molecule has 1 unspecified atom stereocenters. The standard InChI is InChI=1S/C17H18N4O2/c1-17(10-23-9-16(18)21-17)13-4-2-3-12(7-13)8-15(22)14-5-6-19-11-20-14/h2-7,11H,8-10H2,1H3,(H2,18,21). The lowest BCUT2D eigenvalue weighted by atomic mass is 9.90. The highest BCUT2D eigenvalue weighted by Gasteiger charge is 2.30. The van der Waals surface area contributed by atoms with E-state index in [0.717, 1.165) is 11.1 Å². The SMILES string of the molecule is CC1(c2cccc(CC(=O)c3ccncn3)c2)COCC(N)=N1. The number of carbonyl (C=O) groups is 1. The molecular weight excluding hydrogens is 292 g/mol. The molecule has 6 heteroatoms. The smallest absolute Gasteiger partial charge is 0.185 e. The molecule has 6 nitrogen and oxygen atoms in total. The van der Waals surface area contributed by atoms with E-state index in [1.165, 1.54) is 6.33 Å². The fourth-order valence-corrected chi connectivity index (χ4v) is 2.63. The lowest BCUT2D eigenvalue weighted by Crippen LogP contribution is -2.37. The van der Waals surface area contributed by atoms with Crippen molar-refractivity contribution in [2.24, 2.45) is 10.7 Å². The van der Waals surface area contributed by atoms with Crippen molar-refractivity contribution < 1.29 is 9.53 Å². The van der Waals surface area contributed by atoms with Crippen LogP contribution in [0.2, 0.25) is 0 Å². The van der Waals surface area contributed by atoms with Gasteiger partial charge < -0.3 is 10.5 Å². The molecule has 3 rings (SSSR count). The van der Waals surface area contributed by atoms with E-state index in [0.29, 0.717) is 24.7 Å². The number of ether oxygens (including phenoxy) is 1. The van der Waals surface area contributed by atoms with Gasteiger partial charge in [-0.15, -0.1) is 0 Å². The van der Waals surface area contributed by atoms with E-state index in [2.05, 4.69) is 15.0 Å². The molecule has 118 valence electrons. The molecule has 0 bridgehead atoms. The van der Waals surface area contributed by atoms with Gasteiger partial charge in [0.25, 0.3) is 0 Å². The number of aliphatic imine (C=N–C) groups is 1. The van der Waals surface area contributed by atoms with Gasteiger partial charge in [-0.05, 0) is 24.1 Å². The van der Waals surface area contributed by atoms with Crippen molar-refractivity contribution in [1.82, 2.24) is 9.97 Å². The van der Waals surface area contributed by atoms with Crippen LogP contribution in [0.25, 0.3) is 0 Å². The summed E-state index contributed by atoms with van der Waals surface area (Å²) >= 11 is 0. The molecule has 0 aliphatic carbocycles. The number of nitrogens with two attached hydrogens (primary N) is 1. The molecular formula is C17H18N4O2. The normalized spacial score (nSPS) is 20.8. The van der Waals surface area contributed by atoms with Crippen molar-refractivity contribution in [3.05, 3.63) is 59.7 Å². The van der Waals surface area contributed by atoms with Crippen molar-refractivity contribution >= 4 is 11.6 Å². The quantitative estimate of drug-likeness (QED) is 0.864. The molecule has 1 aliphatic heterocycles. The maximum Gasteiger partial charge on any atom is 0.185 e. The topological polar surface area (TPSA) is 90.5 Å². The van der Waals surface area contributed by atoms with Crippen LogP contribution in [0.4, 0.5) is 0 Å². The first kappa shape index (κ1) is 15.3. The summed E-state index contributed by atoms with van der Waals surface area (Å²) in [5, 5.41) is 0. The lowest BCUT2D eigenvalue weighted by Gasteiger charge is -2.30. The summed E-state index contributed by atoms with van der Waals surface area (Å²) in [7, 11) is 0. The highest BCUT2D eigenvalue weighted by atomic mass is 16.5. The van der Waals surface area contributed by atoms with Crippen LogP contribution in [0.15, 0.2) is 47.8 Å². The molecule has 2 N–H and O–H groups in total. The van der Waals surface area contributed by atoms with Crippen LogP contribution in [-0.4, -0.2) is 34.8 Å². The van der Waals surface area contributed by atoms with Gasteiger partial charge in [0, 0.05) is 12.6 Å². The van der Waals surface area contributed by atoms with Gasteiger partial charge >= 0.3 is 0 Å². The number of carbonyl (C=O) groups excluding carboxylic acids is 1. The van der Waals surface area contributed by atoms with Gasteiger partial charge in [-0.25, -0.2) is 9.97 Å². The molecule has 1 atom stereocenters. The third kappa shape index (κ3) is 3.43. The number of benzene rings is 1. The monoisotopic (exact) mass is 310 g/mol. The molecule has 2 heterocycles. The van der Waals surface area contributed by atoms with Crippen LogP contribution >= 0.6 is 0 Å². The summed E-state index contributed by atoms with van der Waals surface area (Å²) < 4.78 is 5.50. The summed E-state index contributed by atoms with van der Waals surface area (Å²) in [6.45, 7) is 2.81. The van der Waals surface area contributed by atoms with E-state index in [9.17, 15) is 4.79 Å². The zero-order chi connectivity index (χ0) is 16.3. The first-order valence-electron chi connectivity index (χ1n) is 7.37. The van der Waals surface area contributed by atoms with E-state index in [1.807, 2.05) is 31.2 Å². The molecule has 0 radical (unpaired) electrons. The second kappa shape index (κ2) is 6.26. The Morgan fingerprint density at radius 1 is 1.39 bits per heavy atom. The summed E-state index contributed by atoms with van der Waals surface area (Å²) in [6, 6.07) is 9.41. The van der Waals surface area contributed by atoms with Gasteiger partial charge in [0.2, 0.25) is 0 Å². The van der Waals surface area contributed by atoms with Crippen LogP contribution in [0.5, 0.6) is 0 Å². The predicted octanol–water partition coefficient (Wildman–Crippen LogP) is 1.50. The Balaban J connectivity index is 1.83. The van der Waals surface area contributed by atoms with Crippen molar-refractivity contribution in [2.45, 2.75) is 18.9 Å². The van der Waals surface area contributed by atoms with Crippen LogP contribution < -0.4 is 5.73 Å². The first-order valence-corrected chi connectivity index (χ1v) is 7.37. The van der Waals surface area contributed by atoms with Crippen molar-refractivity contribution in [2.75, 3.05) is 13.2 Å². The number of amidine groups is 1. The highest BCUT2D eigenvalue weighted by Crippen LogP contribution is 2.29. The molecule has 0 saturated heterocycles. The van der Waals surface area contributed by atoms with E-state index >= 15 is 0 Å². The van der Waals surface area contributed by atoms with Crippen molar-refractivity contribution in [3.63, 3.8) is 0 Å². The number of Topliss-reactive ketones (excluding diaryl/α,β-unsaturated/α-hetero) is 1. The lowest BCUT2D eigenvalue weighted by molar-refractivity contribution is 0.0987. The van der Waals surface area contributed by atoms with Crippen LogP contribution in [0.1, 0.15) is 28.5 Å². The summed E-state index contributed by atoms with van der Waals surface area (Å²) in [6.07, 6.45) is 3.22. The van der Waals surface area contributed by atoms with E-state index < -0.39 is 5.54 Å². The average molecular weight is 310 g/mol. The van der Waals surface area contributed by atoms with E-state index in [-0.39, 0.29) is 12.2 Å². The number of aromatic nitrogens is 2. The van der Waals surface area contributed by atoms with Crippen molar-refractivity contribution in [1.29, 1.82) is 0 Å². The highest BCUT2D eigenvalue weighted by molar-refractivity contribution is 5.95. The number of nitrogens with zero attached hydrogens (tertiary/aromatic N) is 3. The minimum Gasteiger partial charge on any atom is -0.386 e. The van der Waals surface area contributed by atoms with E-state index in [4.69, 9.17) is 10.5 Å². The molecule has 0 fully saturated rings. The van der Waals surface area contributed by atoms with Crippen molar-refractivity contribution in [3.8, 4) is 0 Å². The zero-order valence-electron chi connectivity index (χ0n) is 12.9. The molecule has 1 aromatic carbocycles. The Kier molecular flexibility index (Phi) is 4.16. The molecule has 1 aliphatic rings. The third-order valence-corrected chi connectivity index (χ3v) is 3.80. The molecule has 2 aromatic rings. The minimum atomic E-state index is -0.518. The Morgan fingerprint density at radius 2 is 2.26 bits per heavy atom. The molecule has 0 spiro atoms. The molecule has 0 amide bonds. The van der Waals surface area contributed by atoms with Gasteiger partial charge in [0.15, 0.2) is 5.78 Å². The van der Waals surface area contributed by atoms with Crippen LogP contribution in [0.3, 0.4) is 0 Å². The third-order valence-electron chi connectivity index (χ3n) is 3.80. The Bertz CT molecular complexity index is 745. The maximum atomic E-state index is 12.3. The first-order chi connectivity index (χ1) is 11.1. The number of rotatable bonds is 4. The predicted molar refractivity (Wildman–Crippen MR) is 86.3 cm³/mol. The minimum absolute atomic E-state index is 0.0439. The van der Waals surface area contributed by atoms with Crippen LogP contribution in [0, 0.1) is 0 Å². The maximum absolute atomic E-state index is 12.3. The fraction of sp³-hybridized carbons (Fsp3) is 0.294. The van der Waals surface area contributed by atoms with Gasteiger partial charge in [-0.2, -0.15) is 0 Å². The zero-order valence-corrected chi connectivity index (χ0v) is 12.9. The number of hydrogen-bond donors (Lipinski definition) is 1. The second-order valence-electron chi connectivity index (χ2n) is 5.76. The van der Waals surface area contributed by atoms with Gasteiger partial charge in [0.05, 0.1) is 6.61 Å². The number of ketones is 1. The fourth-order valence-electron chi connectivity index (χ4n) is 2.63. The van der Waals surface area contributed by atoms with Gasteiger partial charge in [0.1, 0.15) is 30.0 Å². The second-order valence-corrected chi connectivity index (χ2v) is 5.76.